The molecule has 1 aromatic heterocycles. The number of aromatic nitrogens is 2. The summed E-state index contributed by atoms with van der Waals surface area (Å²) in [6.07, 6.45) is 1.38. The van der Waals surface area contributed by atoms with E-state index in [1.165, 1.54) is 6.08 Å². The van der Waals surface area contributed by atoms with Gasteiger partial charge in [0.2, 0.25) is 5.91 Å². The average molecular weight is 263 g/mol. The summed E-state index contributed by atoms with van der Waals surface area (Å²) in [6.45, 7) is 15.2. The minimum absolute atomic E-state index is 0.00366. The zero-order valence-electron chi connectivity index (χ0n) is 12.7. The van der Waals surface area contributed by atoms with Gasteiger partial charge >= 0.3 is 0 Å². The van der Waals surface area contributed by atoms with E-state index in [9.17, 15) is 4.79 Å². The highest BCUT2D eigenvalue weighted by atomic mass is 16.2. The van der Waals surface area contributed by atoms with Gasteiger partial charge in [-0.1, -0.05) is 34.3 Å². The normalized spacial score (nSPS) is 17.6. The molecule has 0 saturated heterocycles. The summed E-state index contributed by atoms with van der Waals surface area (Å²) in [5.41, 5.74) is 2.21. The van der Waals surface area contributed by atoms with Gasteiger partial charge in [0, 0.05) is 6.04 Å². The minimum atomic E-state index is -0.00366. The number of fused-ring (bicyclic) bond motifs is 1. The second-order valence-corrected chi connectivity index (χ2v) is 4.92. The number of hydrogen-bond donors (Lipinski definition) is 0. The van der Waals surface area contributed by atoms with Gasteiger partial charge < -0.3 is 4.90 Å². The molecule has 1 aromatic rings. The second-order valence-electron chi connectivity index (χ2n) is 4.92. The van der Waals surface area contributed by atoms with Crippen molar-refractivity contribution in [2.24, 2.45) is 0 Å². The maximum atomic E-state index is 11.7. The van der Waals surface area contributed by atoms with Gasteiger partial charge in [-0.25, -0.2) is 0 Å². The first-order valence-electron chi connectivity index (χ1n) is 7.02. The third-order valence-electron chi connectivity index (χ3n) is 3.23. The van der Waals surface area contributed by atoms with E-state index in [0.717, 1.165) is 17.9 Å². The van der Waals surface area contributed by atoms with Crippen LogP contribution in [0, 0.1) is 0 Å². The maximum Gasteiger partial charge on any atom is 0.246 e. The molecule has 0 bridgehead atoms. The maximum absolute atomic E-state index is 11.7. The molecule has 0 N–H and O–H groups in total. The fourth-order valence-electron chi connectivity index (χ4n) is 2.14. The molecular formula is C15H25N3O. The predicted molar refractivity (Wildman–Crippen MR) is 77.9 cm³/mol. The Balaban J connectivity index is 0.000000861. The first-order chi connectivity index (χ1) is 9.02. The van der Waals surface area contributed by atoms with Gasteiger partial charge in [-0.3, -0.25) is 9.48 Å². The Morgan fingerprint density at radius 3 is 2.68 bits per heavy atom. The summed E-state index contributed by atoms with van der Waals surface area (Å²) in [5, 5.41) is 4.57. The molecule has 1 amide bonds. The van der Waals surface area contributed by atoms with E-state index < -0.39 is 0 Å². The SMILES string of the molecule is C=CC(=O)N1Cc2cc(C(C)C)nn2CC1C.CC. The summed E-state index contributed by atoms with van der Waals surface area (Å²) in [4.78, 5) is 13.5. The van der Waals surface area contributed by atoms with E-state index >= 15 is 0 Å². The van der Waals surface area contributed by atoms with E-state index in [1.807, 2.05) is 30.4 Å². The number of amides is 1. The van der Waals surface area contributed by atoms with Crippen LogP contribution in [-0.2, 0) is 17.9 Å². The van der Waals surface area contributed by atoms with Crippen LogP contribution < -0.4 is 0 Å². The lowest BCUT2D eigenvalue weighted by atomic mass is 10.1. The lowest BCUT2D eigenvalue weighted by Gasteiger charge is -2.33. The van der Waals surface area contributed by atoms with Crippen LogP contribution in [0.15, 0.2) is 18.7 Å². The summed E-state index contributed by atoms with van der Waals surface area (Å²) < 4.78 is 2.02. The predicted octanol–water partition coefficient (Wildman–Crippen LogP) is 2.95. The Bertz CT molecular complexity index is 448. The van der Waals surface area contributed by atoms with Crippen LogP contribution in [0.2, 0.25) is 0 Å². The molecule has 0 spiro atoms. The Hall–Kier alpha value is -1.58. The van der Waals surface area contributed by atoms with E-state index in [2.05, 4.69) is 31.6 Å². The molecule has 0 aliphatic carbocycles. The van der Waals surface area contributed by atoms with Crippen molar-refractivity contribution in [2.45, 2.75) is 59.7 Å². The zero-order valence-corrected chi connectivity index (χ0v) is 12.7. The lowest BCUT2D eigenvalue weighted by molar-refractivity contribution is -0.129. The standard InChI is InChI=1S/C13H19N3O.C2H6/c1-5-13(17)15-8-11-6-12(9(2)3)14-16(11)7-10(15)4;1-2/h5-6,9-10H,1,7-8H2,2-4H3;1-2H3. The van der Waals surface area contributed by atoms with Gasteiger partial charge in [-0.05, 0) is 25.0 Å². The van der Waals surface area contributed by atoms with Gasteiger partial charge in [0.25, 0.3) is 0 Å². The van der Waals surface area contributed by atoms with Gasteiger partial charge in [0.05, 0.1) is 24.5 Å². The molecule has 4 nitrogen and oxygen atoms in total. The highest BCUT2D eigenvalue weighted by molar-refractivity contribution is 5.87. The van der Waals surface area contributed by atoms with Crippen LogP contribution in [0.1, 0.15) is 51.9 Å². The molecule has 0 saturated carbocycles. The van der Waals surface area contributed by atoms with Crippen molar-refractivity contribution in [2.75, 3.05) is 0 Å². The fraction of sp³-hybridized carbons (Fsp3) is 0.600. The van der Waals surface area contributed by atoms with Crippen molar-refractivity contribution in [1.82, 2.24) is 14.7 Å². The van der Waals surface area contributed by atoms with Gasteiger partial charge in [-0.15, -0.1) is 0 Å². The van der Waals surface area contributed by atoms with Crippen LogP contribution in [-0.4, -0.2) is 26.6 Å². The van der Waals surface area contributed by atoms with Crippen LogP contribution in [0.5, 0.6) is 0 Å². The molecular weight excluding hydrogens is 238 g/mol. The average Bonchev–Trinajstić information content (AvgIpc) is 2.82. The Morgan fingerprint density at radius 2 is 2.16 bits per heavy atom. The van der Waals surface area contributed by atoms with E-state index in [-0.39, 0.29) is 11.9 Å². The van der Waals surface area contributed by atoms with Crippen molar-refractivity contribution in [3.8, 4) is 0 Å². The first kappa shape index (κ1) is 15.5. The van der Waals surface area contributed by atoms with E-state index in [4.69, 9.17) is 0 Å². The molecule has 0 aromatic carbocycles. The number of hydrogen-bond acceptors (Lipinski definition) is 2. The van der Waals surface area contributed by atoms with Crippen LogP contribution >= 0.6 is 0 Å². The molecule has 1 unspecified atom stereocenters. The number of carbonyl (C=O) groups excluding carboxylic acids is 1. The third kappa shape index (κ3) is 3.25. The van der Waals surface area contributed by atoms with E-state index in [0.29, 0.717) is 12.5 Å². The van der Waals surface area contributed by atoms with Crippen molar-refractivity contribution >= 4 is 5.91 Å². The topological polar surface area (TPSA) is 38.1 Å². The highest BCUT2D eigenvalue weighted by Gasteiger charge is 2.26. The third-order valence-corrected chi connectivity index (χ3v) is 3.23. The molecule has 1 aliphatic heterocycles. The highest BCUT2D eigenvalue weighted by Crippen LogP contribution is 2.21. The molecule has 106 valence electrons. The van der Waals surface area contributed by atoms with Gasteiger partial charge in [0.1, 0.15) is 0 Å². The number of carbonyl (C=O) groups is 1. The summed E-state index contributed by atoms with van der Waals surface area (Å²) >= 11 is 0. The molecule has 2 rings (SSSR count). The summed E-state index contributed by atoms with van der Waals surface area (Å²) in [6, 6.07) is 2.27. The fourth-order valence-corrected chi connectivity index (χ4v) is 2.14. The first-order valence-corrected chi connectivity index (χ1v) is 7.02. The summed E-state index contributed by atoms with van der Waals surface area (Å²) in [7, 11) is 0. The monoisotopic (exact) mass is 263 g/mol. The largest absolute Gasteiger partial charge is 0.329 e. The van der Waals surface area contributed by atoms with Crippen molar-refractivity contribution < 1.29 is 4.79 Å². The molecule has 19 heavy (non-hydrogen) atoms. The lowest BCUT2D eigenvalue weighted by Crippen LogP contribution is -2.44. The minimum Gasteiger partial charge on any atom is -0.329 e. The summed E-state index contributed by atoms with van der Waals surface area (Å²) in [5.74, 6) is 0.419. The molecule has 1 aliphatic rings. The van der Waals surface area contributed by atoms with Gasteiger partial charge in [0.15, 0.2) is 0 Å². The van der Waals surface area contributed by atoms with Crippen molar-refractivity contribution in [3.05, 3.63) is 30.1 Å². The molecule has 1 atom stereocenters. The Kier molecular flexibility index (Phi) is 5.33. The van der Waals surface area contributed by atoms with Gasteiger partial charge in [-0.2, -0.15) is 5.10 Å². The molecule has 2 heterocycles. The van der Waals surface area contributed by atoms with E-state index in [1.54, 1.807) is 0 Å². The van der Waals surface area contributed by atoms with Crippen molar-refractivity contribution in [1.29, 1.82) is 0 Å². The van der Waals surface area contributed by atoms with Crippen LogP contribution in [0.4, 0.5) is 0 Å². The molecule has 0 fully saturated rings. The van der Waals surface area contributed by atoms with Crippen LogP contribution in [0.25, 0.3) is 0 Å². The molecule has 4 heteroatoms. The zero-order chi connectivity index (χ0) is 14.6. The molecule has 0 radical (unpaired) electrons. The quantitative estimate of drug-likeness (QED) is 0.769. The van der Waals surface area contributed by atoms with Crippen molar-refractivity contribution in [3.63, 3.8) is 0 Å². The van der Waals surface area contributed by atoms with Crippen LogP contribution in [0.3, 0.4) is 0 Å². The Labute approximate surface area is 116 Å². The smallest absolute Gasteiger partial charge is 0.246 e. The number of nitrogens with zero attached hydrogens (tertiary/aromatic N) is 3. The Morgan fingerprint density at radius 1 is 1.53 bits per heavy atom. The second kappa shape index (κ2) is 6.55. The number of rotatable bonds is 2.